The van der Waals surface area contributed by atoms with Crippen LogP contribution in [-0.2, 0) is 11.3 Å². The average Bonchev–Trinajstić information content (AvgIpc) is 3.24. The number of ether oxygens (including phenoxy) is 1. The quantitative estimate of drug-likeness (QED) is 0.569. The summed E-state index contributed by atoms with van der Waals surface area (Å²) in [5.74, 6) is 0.342. The highest BCUT2D eigenvalue weighted by molar-refractivity contribution is 5.94. The third-order valence-electron chi connectivity index (χ3n) is 6.20. The molecule has 0 spiro atoms. The molecule has 0 aromatic heterocycles. The molecule has 33 heavy (non-hydrogen) atoms. The smallest absolute Gasteiger partial charge is 0.335 e. The number of nitrogens with zero attached hydrogens (tertiary/aromatic N) is 1. The Hall–Kier alpha value is -3.39. The van der Waals surface area contributed by atoms with E-state index in [1.807, 2.05) is 6.07 Å². The maximum absolute atomic E-state index is 12.8. The van der Waals surface area contributed by atoms with Crippen molar-refractivity contribution in [2.45, 2.75) is 32.2 Å². The van der Waals surface area contributed by atoms with Gasteiger partial charge in [0.25, 0.3) is 5.91 Å². The fourth-order valence-electron chi connectivity index (χ4n) is 4.22. The summed E-state index contributed by atoms with van der Waals surface area (Å²) in [6.07, 6.45) is 3.47. The first kappa shape index (κ1) is 22.8. The highest BCUT2D eigenvalue weighted by atomic mass is 16.5. The van der Waals surface area contributed by atoms with Crippen LogP contribution in [0.5, 0.6) is 11.5 Å². The predicted molar refractivity (Wildman–Crippen MR) is 122 cm³/mol. The first-order valence-electron chi connectivity index (χ1n) is 11.4. The van der Waals surface area contributed by atoms with Gasteiger partial charge in [0.1, 0.15) is 11.5 Å². The Labute approximate surface area is 192 Å². The number of carbonyl (C=O) groups excluding carboxylic acids is 2. The topological polar surface area (TPSA) is 108 Å². The molecule has 0 unspecified atom stereocenters. The SMILES string of the molecule is O=C(O)c1ccc(Oc2cc(C(=O)NCC3CCNCC3)ccc2CN2CCCC2=O)cc1. The Balaban J connectivity index is 1.52. The van der Waals surface area contributed by atoms with Gasteiger partial charge in [-0.15, -0.1) is 0 Å². The zero-order chi connectivity index (χ0) is 23.2. The lowest BCUT2D eigenvalue weighted by atomic mass is 9.98. The first-order valence-corrected chi connectivity index (χ1v) is 11.4. The normalized spacial score (nSPS) is 16.6. The van der Waals surface area contributed by atoms with Gasteiger partial charge in [-0.2, -0.15) is 0 Å². The molecule has 8 nitrogen and oxygen atoms in total. The molecule has 0 radical (unpaired) electrons. The molecule has 3 N–H and O–H groups in total. The molecule has 2 aromatic rings. The van der Waals surface area contributed by atoms with Crippen LogP contribution in [0.3, 0.4) is 0 Å². The number of hydrogen-bond donors (Lipinski definition) is 3. The second kappa shape index (κ2) is 10.5. The van der Waals surface area contributed by atoms with Crippen LogP contribution in [0, 0.1) is 5.92 Å². The van der Waals surface area contributed by atoms with Gasteiger partial charge < -0.3 is 25.4 Å². The number of aromatic carboxylic acids is 1. The third-order valence-corrected chi connectivity index (χ3v) is 6.20. The number of carbonyl (C=O) groups is 3. The van der Waals surface area contributed by atoms with Gasteiger partial charge in [-0.05, 0) is 74.7 Å². The molecule has 0 saturated carbocycles. The zero-order valence-corrected chi connectivity index (χ0v) is 18.5. The minimum Gasteiger partial charge on any atom is -0.478 e. The number of amides is 2. The Morgan fingerprint density at radius 2 is 1.82 bits per heavy atom. The minimum atomic E-state index is -1.01. The van der Waals surface area contributed by atoms with E-state index >= 15 is 0 Å². The maximum atomic E-state index is 12.8. The summed E-state index contributed by atoms with van der Waals surface area (Å²) < 4.78 is 6.06. The first-order chi connectivity index (χ1) is 16.0. The molecule has 2 saturated heterocycles. The van der Waals surface area contributed by atoms with E-state index in [9.17, 15) is 14.4 Å². The van der Waals surface area contributed by atoms with Crippen LogP contribution in [0.15, 0.2) is 42.5 Å². The van der Waals surface area contributed by atoms with Gasteiger partial charge in [0, 0.05) is 37.2 Å². The number of nitrogens with one attached hydrogen (secondary N) is 2. The summed E-state index contributed by atoms with van der Waals surface area (Å²) >= 11 is 0. The third kappa shape index (κ3) is 5.90. The largest absolute Gasteiger partial charge is 0.478 e. The minimum absolute atomic E-state index is 0.107. The molecule has 2 aliphatic heterocycles. The van der Waals surface area contributed by atoms with E-state index in [4.69, 9.17) is 9.84 Å². The van der Waals surface area contributed by atoms with Crippen molar-refractivity contribution in [1.29, 1.82) is 0 Å². The molecule has 4 rings (SSSR count). The van der Waals surface area contributed by atoms with Crippen molar-refractivity contribution in [3.63, 3.8) is 0 Å². The van der Waals surface area contributed by atoms with Crippen molar-refractivity contribution in [2.24, 2.45) is 5.92 Å². The molecule has 0 atom stereocenters. The number of hydrogen-bond acceptors (Lipinski definition) is 5. The fourth-order valence-corrected chi connectivity index (χ4v) is 4.22. The highest BCUT2D eigenvalue weighted by Crippen LogP contribution is 2.29. The van der Waals surface area contributed by atoms with Crippen LogP contribution in [0.1, 0.15) is 52.0 Å². The maximum Gasteiger partial charge on any atom is 0.335 e. The molecule has 2 amide bonds. The molecule has 174 valence electrons. The lowest BCUT2D eigenvalue weighted by Gasteiger charge is -2.23. The summed E-state index contributed by atoms with van der Waals surface area (Å²) in [6.45, 7) is 3.69. The predicted octanol–water partition coefficient (Wildman–Crippen LogP) is 3.03. The summed E-state index contributed by atoms with van der Waals surface area (Å²) in [5.41, 5.74) is 1.44. The van der Waals surface area contributed by atoms with E-state index in [-0.39, 0.29) is 17.4 Å². The van der Waals surface area contributed by atoms with Gasteiger partial charge in [0.05, 0.1) is 5.56 Å². The zero-order valence-electron chi connectivity index (χ0n) is 18.5. The van der Waals surface area contributed by atoms with Crippen LogP contribution in [0.4, 0.5) is 0 Å². The molecule has 2 heterocycles. The monoisotopic (exact) mass is 451 g/mol. The molecule has 0 aliphatic carbocycles. The van der Waals surface area contributed by atoms with Crippen LogP contribution in [0.2, 0.25) is 0 Å². The van der Waals surface area contributed by atoms with Gasteiger partial charge in [-0.1, -0.05) is 6.07 Å². The standard InChI is InChI=1S/C25H29N3O5/c29-23-2-1-13-28(23)16-20-4-3-19(24(30)27-15-17-9-11-26-12-10-17)14-22(20)33-21-7-5-18(6-8-21)25(31)32/h3-8,14,17,26H,1-2,9-13,15-16H2,(H,27,30)(H,31,32). The molecule has 2 fully saturated rings. The van der Waals surface area contributed by atoms with Gasteiger partial charge >= 0.3 is 5.97 Å². The highest BCUT2D eigenvalue weighted by Gasteiger charge is 2.22. The Bertz CT molecular complexity index is 1020. The van der Waals surface area contributed by atoms with E-state index in [0.717, 1.165) is 37.9 Å². The Kier molecular flexibility index (Phi) is 7.24. The summed E-state index contributed by atoms with van der Waals surface area (Å²) in [5, 5.41) is 15.5. The number of carboxylic acid groups (broad SMARTS) is 1. The number of carboxylic acids is 1. The van der Waals surface area contributed by atoms with Gasteiger partial charge in [-0.25, -0.2) is 4.79 Å². The molecule has 2 aliphatic rings. The lowest BCUT2D eigenvalue weighted by molar-refractivity contribution is -0.128. The summed E-state index contributed by atoms with van der Waals surface area (Å²) in [6, 6.07) is 11.4. The van der Waals surface area contributed by atoms with Crippen LogP contribution in [0.25, 0.3) is 0 Å². The summed E-state index contributed by atoms with van der Waals surface area (Å²) in [4.78, 5) is 37.8. The number of likely N-dealkylation sites (tertiary alicyclic amines) is 1. The summed E-state index contributed by atoms with van der Waals surface area (Å²) in [7, 11) is 0. The lowest BCUT2D eigenvalue weighted by Crippen LogP contribution is -2.36. The fraction of sp³-hybridized carbons (Fsp3) is 0.400. The second-order valence-electron chi connectivity index (χ2n) is 8.58. The van der Waals surface area contributed by atoms with E-state index in [0.29, 0.717) is 49.0 Å². The molecular weight excluding hydrogens is 422 g/mol. The number of piperidine rings is 1. The molecule has 8 heteroatoms. The van der Waals surface area contributed by atoms with Crippen molar-refractivity contribution >= 4 is 17.8 Å². The molecule has 2 aromatic carbocycles. The molecular formula is C25H29N3O5. The van der Waals surface area contributed by atoms with Crippen molar-refractivity contribution in [1.82, 2.24) is 15.5 Å². The van der Waals surface area contributed by atoms with Gasteiger partial charge in [0.2, 0.25) is 5.91 Å². The van der Waals surface area contributed by atoms with Crippen LogP contribution >= 0.6 is 0 Å². The Morgan fingerprint density at radius 3 is 2.48 bits per heavy atom. The average molecular weight is 452 g/mol. The van der Waals surface area contributed by atoms with Crippen molar-refractivity contribution in [3.05, 3.63) is 59.2 Å². The van der Waals surface area contributed by atoms with Crippen LogP contribution < -0.4 is 15.4 Å². The molecule has 0 bridgehead atoms. The number of benzene rings is 2. The second-order valence-corrected chi connectivity index (χ2v) is 8.58. The van der Waals surface area contributed by atoms with E-state index in [1.54, 1.807) is 29.2 Å². The van der Waals surface area contributed by atoms with Crippen molar-refractivity contribution in [3.8, 4) is 11.5 Å². The van der Waals surface area contributed by atoms with Crippen molar-refractivity contribution < 1.29 is 24.2 Å². The van der Waals surface area contributed by atoms with E-state index < -0.39 is 5.97 Å². The van der Waals surface area contributed by atoms with Gasteiger partial charge in [-0.3, -0.25) is 9.59 Å². The van der Waals surface area contributed by atoms with Crippen LogP contribution in [-0.4, -0.2) is 54.0 Å². The van der Waals surface area contributed by atoms with Crippen molar-refractivity contribution in [2.75, 3.05) is 26.2 Å². The number of rotatable bonds is 8. The van der Waals surface area contributed by atoms with E-state index in [2.05, 4.69) is 10.6 Å². The Morgan fingerprint density at radius 1 is 1.09 bits per heavy atom. The van der Waals surface area contributed by atoms with E-state index in [1.165, 1.54) is 12.1 Å². The van der Waals surface area contributed by atoms with Gasteiger partial charge in [0.15, 0.2) is 0 Å².